The monoisotopic (exact) mass is 191 g/mol. The van der Waals surface area contributed by atoms with Gasteiger partial charge in [-0.05, 0) is 23.4 Å². The topological polar surface area (TPSA) is 3.24 Å². The van der Waals surface area contributed by atoms with E-state index in [1.165, 1.54) is 18.5 Å². The van der Waals surface area contributed by atoms with E-state index in [0.717, 1.165) is 19.5 Å². The van der Waals surface area contributed by atoms with Crippen molar-refractivity contribution in [2.75, 3.05) is 13.1 Å². The van der Waals surface area contributed by atoms with E-state index in [4.69, 9.17) is 6.42 Å². The number of terminal acetylenes is 1. The van der Waals surface area contributed by atoms with Crippen LogP contribution in [0.3, 0.4) is 0 Å². The molecule has 0 unspecified atom stereocenters. The summed E-state index contributed by atoms with van der Waals surface area (Å²) in [4.78, 5) is 4.01. The zero-order chi connectivity index (χ0) is 9.10. The molecule has 0 N–H and O–H groups in total. The van der Waals surface area contributed by atoms with Crippen molar-refractivity contribution in [2.24, 2.45) is 0 Å². The van der Waals surface area contributed by atoms with E-state index in [-0.39, 0.29) is 0 Å². The van der Waals surface area contributed by atoms with Gasteiger partial charge in [0.05, 0.1) is 0 Å². The van der Waals surface area contributed by atoms with Gasteiger partial charge in [0, 0.05) is 30.9 Å². The quantitative estimate of drug-likeness (QED) is 0.647. The van der Waals surface area contributed by atoms with Gasteiger partial charge in [-0.2, -0.15) is 0 Å². The van der Waals surface area contributed by atoms with Crippen LogP contribution in [0.1, 0.15) is 16.9 Å². The summed E-state index contributed by atoms with van der Waals surface area (Å²) in [6.07, 6.45) is 7.33. The molecule has 1 aliphatic rings. The Morgan fingerprint density at radius 3 is 3.38 bits per heavy atom. The largest absolute Gasteiger partial charge is 0.298 e. The Kier molecular flexibility index (Phi) is 2.68. The second-order valence-electron chi connectivity index (χ2n) is 3.35. The Balaban J connectivity index is 1.97. The van der Waals surface area contributed by atoms with Crippen molar-refractivity contribution in [2.45, 2.75) is 19.4 Å². The molecular formula is C11H13NS. The van der Waals surface area contributed by atoms with Crippen LogP contribution in [0, 0.1) is 12.3 Å². The van der Waals surface area contributed by atoms with Gasteiger partial charge in [0.1, 0.15) is 0 Å². The molecule has 13 heavy (non-hydrogen) atoms. The van der Waals surface area contributed by atoms with Crippen LogP contribution < -0.4 is 0 Å². The first-order valence-electron chi connectivity index (χ1n) is 4.61. The van der Waals surface area contributed by atoms with Crippen LogP contribution in [-0.4, -0.2) is 18.0 Å². The molecule has 0 atom stereocenters. The molecule has 0 fully saturated rings. The van der Waals surface area contributed by atoms with E-state index in [1.54, 1.807) is 4.88 Å². The third-order valence-electron chi connectivity index (χ3n) is 2.46. The molecule has 0 bridgehead atoms. The molecule has 0 saturated heterocycles. The molecule has 0 aromatic carbocycles. The van der Waals surface area contributed by atoms with Gasteiger partial charge in [-0.1, -0.05) is 0 Å². The molecule has 0 aliphatic carbocycles. The highest BCUT2D eigenvalue weighted by Crippen LogP contribution is 2.23. The van der Waals surface area contributed by atoms with E-state index in [1.807, 2.05) is 11.3 Å². The molecule has 2 rings (SSSR count). The van der Waals surface area contributed by atoms with Crippen molar-refractivity contribution in [1.82, 2.24) is 4.90 Å². The molecule has 2 heterocycles. The average molecular weight is 191 g/mol. The summed E-state index contributed by atoms with van der Waals surface area (Å²) in [5.74, 6) is 2.69. The third-order valence-corrected chi connectivity index (χ3v) is 3.48. The normalized spacial score (nSPS) is 16.5. The minimum Gasteiger partial charge on any atom is -0.298 e. The lowest BCUT2D eigenvalue weighted by Gasteiger charge is -2.25. The Morgan fingerprint density at radius 1 is 1.62 bits per heavy atom. The Bertz CT molecular complexity index is 321. The van der Waals surface area contributed by atoms with Gasteiger partial charge in [-0.25, -0.2) is 0 Å². The summed E-state index contributed by atoms with van der Waals surface area (Å²) < 4.78 is 0. The van der Waals surface area contributed by atoms with Crippen LogP contribution in [-0.2, 0) is 13.0 Å². The fraction of sp³-hybridized carbons (Fsp3) is 0.455. The van der Waals surface area contributed by atoms with E-state index >= 15 is 0 Å². The molecule has 0 saturated carbocycles. The van der Waals surface area contributed by atoms with Gasteiger partial charge in [0.15, 0.2) is 0 Å². The summed E-state index contributed by atoms with van der Waals surface area (Å²) in [5.41, 5.74) is 1.51. The highest BCUT2D eigenvalue weighted by atomic mass is 32.1. The van der Waals surface area contributed by atoms with E-state index < -0.39 is 0 Å². The smallest absolute Gasteiger partial charge is 0.0245 e. The summed E-state index contributed by atoms with van der Waals surface area (Å²) >= 11 is 1.88. The second-order valence-corrected chi connectivity index (χ2v) is 4.35. The fourth-order valence-corrected chi connectivity index (χ4v) is 2.61. The van der Waals surface area contributed by atoms with Crippen LogP contribution in [0.4, 0.5) is 0 Å². The lowest BCUT2D eigenvalue weighted by molar-refractivity contribution is 0.262. The van der Waals surface area contributed by atoms with Gasteiger partial charge in [0.2, 0.25) is 0 Å². The minimum absolute atomic E-state index is 0.874. The van der Waals surface area contributed by atoms with Crippen molar-refractivity contribution in [3.05, 3.63) is 21.9 Å². The van der Waals surface area contributed by atoms with Crippen LogP contribution >= 0.6 is 11.3 Å². The molecule has 1 nitrogen and oxygen atoms in total. The van der Waals surface area contributed by atoms with E-state index in [2.05, 4.69) is 22.3 Å². The Labute approximate surface area is 83.4 Å². The Morgan fingerprint density at radius 2 is 2.54 bits per heavy atom. The average Bonchev–Trinajstić information content (AvgIpc) is 2.61. The van der Waals surface area contributed by atoms with Gasteiger partial charge in [-0.15, -0.1) is 23.7 Å². The van der Waals surface area contributed by atoms with Crippen LogP contribution in [0.15, 0.2) is 11.4 Å². The lowest BCUT2D eigenvalue weighted by Crippen LogP contribution is -2.30. The maximum atomic E-state index is 5.25. The zero-order valence-corrected chi connectivity index (χ0v) is 8.44. The van der Waals surface area contributed by atoms with Crippen molar-refractivity contribution in [3.63, 3.8) is 0 Å². The number of hydrogen-bond acceptors (Lipinski definition) is 2. The zero-order valence-electron chi connectivity index (χ0n) is 7.62. The molecule has 0 amide bonds. The van der Waals surface area contributed by atoms with Crippen LogP contribution in [0.5, 0.6) is 0 Å². The van der Waals surface area contributed by atoms with Crippen LogP contribution in [0.2, 0.25) is 0 Å². The molecule has 1 aromatic rings. The summed E-state index contributed by atoms with van der Waals surface area (Å²) in [5, 5.41) is 2.19. The third kappa shape index (κ3) is 1.93. The number of hydrogen-bond donors (Lipinski definition) is 0. The molecule has 2 heteroatoms. The van der Waals surface area contributed by atoms with Crippen molar-refractivity contribution in [3.8, 4) is 12.3 Å². The number of thiophene rings is 1. The molecule has 0 radical (unpaired) electrons. The predicted octanol–water partition coefficient (Wildman–Crippen LogP) is 2.13. The summed E-state index contributed by atoms with van der Waals surface area (Å²) in [7, 11) is 0. The molecule has 1 aliphatic heterocycles. The lowest BCUT2D eigenvalue weighted by atomic mass is 10.1. The number of nitrogens with zero attached hydrogens (tertiary/aromatic N) is 1. The van der Waals surface area contributed by atoms with Crippen molar-refractivity contribution >= 4 is 11.3 Å². The van der Waals surface area contributed by atoms with E-state index in [0.29, 0.717) is 0 Å². The minimum atomic E-state index is 0.874. The maximum Gasteiger partial charge on any atom is 0.0245 e. The maximum absolute atomic E-state index is 5.25. The van der Waals surface area contributed by atoms with Gasteiger partial charge in [-0.3, -0.25) is 4.90 Å². The molecular weight excluding hydrogens is 178 g/mol. The van der Waals surface area contributed by atoms with Crippen molar-refractivity contribution in [1.29, 1.82) is 0 Å². The van der Waals surface area contributed by atoms with Crippen LogP contribution in [0.25, 0.3) is 0 Å². The standard InChI is InChI=1S/C11H13NS/c1-2-3-6-12-7-4-11-10(9-12)5-8-13-11/h1,5,8H,3-4,6-7,9H2. The molecule has 1 aromatic heterocycles. The van der Waals surface area contributed by atoms with Gasteiger partial charge in [0.25, 0.3) is 0 Å². The first-order chi connectivity index (χ1) is 6.40. The van der Waals surface area contributed by atoms with Crippen molar-refractivity contribution < 1.29 is 0 Å². The summed E-state index contributed by atoms with van der Waals surface area (Å²) in [6.45, 7) is 3.32. The first kappa shape index (κ1) is 8.80. The highest BCUT2D eigenvalue weighted by Gasteiger charge is 2.15. The first-order valence-corrected chi connectivity index (χ1v) is 5.49. The highest BCUT2D eigenvalue weighted by molar-refractivity contribution is 7.10. The fourth-order valence-electron chi connectivity index (χ4n) is 1.72. The predicted molar refractivity (Wildman–Crippen MR) is 56.8 cm³/mol. The molecule has 0 spiro atoms. The Hall–Kier alpha value is -0.780. The SMILES string of the molecule is C#CCCN1CCc2sccc2C1. The van der Waals surface area contributed by atoms with Gasteiger partial charge >= 0.3 is 0 Å². The number of fused-ring (bicyclic) bond motifs is 1. The summed E-state index contributed by atoms with van der Waals surface area (Å²) in [6, 6.07) is 2.24. The molecule has 68 valence electrons. The second kappa shape index (κ2) is 3.95. The van der Waals surface area contributed by atoms with E-state index in [9.17, 15) is 0 Å². The van der Waals surface area contributed by atoms with Gasteiger partial charge < -0.3 is 0 Å². The number of rotatable bonds is 2.